The van der Waals surface area contributed by atoms with Gasteiger partial charge in [0, 0.05) is 12.6 Å². The van der Waals surface area contributed by atoms with Gasteiger partial charge in [-0.05, 0) is 47.5 Å². The minimum Gasteiger partial charge on any atom is -0.460 e. The van der Waals surface area contributed by atoms with Crippen LogP contribution in [-0.2, 0) is 4.79 Å². The zero-order valence-electron chi connectivity index (χ0n) is 21.0. The lowest BCUT2D eigenvalue weighted by Crippen LogP contribution is -2.32. The van der Waals surface area contributed by atoms with E-state index in [9.17, 15) is 19.2 Å². The summed E-state index contributed by atoms with van der Waals surface area (Å²) < 4.78 is 16.7. The lowest BCUT2D eigenvalue weighted by atomic mass is 10.1. The van der Waals surface area contributed by atoms with Gasteiger partial charge in [-0.2, -0.15) is 0 Å². The summed E-state index contributed by atoms with van der Waals surface area (Å²) in [4.78, 5) is 51.4. The Labute approximate surface area is 228 Å². The zero-order valence-corrected chi connectivity index (χ0v) is 21.0. The van der Waals surface area contributed by atoms with Crippen LogP contribution in [0, 0.1) is 0 Å². The van der Waals surface area contributed by atoms with Gasteiger partial charge in [0.25, 0.3) is 11.8 Å². The summed E-state index contributed by atoms with van der Waals surface area (Å²) in [6, 6.07) is 28.1. The van der Waals surface area contributed by atoms with E-state index < -0.39 is 17.8 Å². The Bertz CT molecular complexity index is 1790. The molecular weight excluding hydrogens is 510 g/mol. The summed E-state index contributed by atoms with van der Waals surface area (Å²) >= 11 is 0. The molecule has 0 fully saturated rings. The summed E-state index contributed by atoms with van der Waals surface area (Å²) in [5.41, 5.74) is 2.55. The molecule has 2 amide bonds. The van der Waals surface area contributed by atoms with E-state index in [1.54, 1.807) is 36.4 Å². The second-order valence-electron chi connectivity index (χ2n) is 9.11. The third-order valence-corrected chi connectivity index (χ3v) is 6.55. The molecule has 0 spiro atoms. The summed E-state index contributed by atoms with van der Waals surface area (Å²) in [6.45, 7) is -0.110. The van der Waals surface area contributed by atoms with Gasteiger partial charge < -0.3 is 13.9 Å². The van der Waals surface area contributed by atoms with Gasteiger partial charge in [0.2, 0.25) is 11.2 Å². The maximum atomic E-state index is 13.0. The molecular formula is C32H21NO7. The highest BCUT2D eigenvalue weighted by molar-refractivity contribution is 6.21. The highest BCUT2D eigenvalue weighted by atomic mass is 16.5. The van der Waals surface area contributed by atoms with Crippen molar-refractivity contribution in [1.29, 1.82) is 0 Å². The van der Waals surface area contributed by atoms with Crippen LogP contribution in [0.3, 0.4) is 0 Å². The van der Waals surface area contributed by atoms with Crippen molar-refractivity contribution in [2.45, 2.75) is 6.42 Å². The van der Waals surface area contributed by atoms with Crippen LogP contribution < -0.4 is 14.9 Å². The average Bonchev–Trinajstić information content (AvgIpc) is 3.23. The van der Waals surface area contributed by atoms with Crippen molar-refractivity contribution in [2.75, 3.05) is 6.54 Å². The normalized spacial score (nSPS) is 12.4. The second kappa shape index (κ2) is 10.3. The molecule has 8 heteroatoms. The molecule has 0 aliphatic carbocycles. The molecule has 40 heavy (non-hydrogen) atoms. The van der Waals surface area contributed by atoms with E-state index in [2.05, 4.69) is 0 Å². The molecule has 6 rings (SSSR count). The summed E-state index contributed by atoms with van der Waals surface area (Å²) in [6.07, 6.45) is 1.02. The fraction of sp³-hybridized carbons (Fsp3) is 0.0625. The predicted molar refractivity (Wildman–Crippen MR) is 146 cm³/mol. The number of esters is 1. The van der Waals surface area contributed by atoms with E-state index in [0.29, 0.717) is 16.9 Å². The largest absolute Gasteiger partial charge is 0.460 e. The fourth-order valence-corrected chi connectivity index (χ4v) is 4.53. The second-order valence-corrected chi connectivity index (χ2v) is 9.11. The minimum atomic E-state index is -0.642. The van der Waals surface area contributed by atoms with E-state index in [-0.39, 0.29) is 40.9 Å². The van der Waals surface area contributed by atoms with Gasteiger partial charge in [0.05, 0.1) is 22.9 Å². The van der Waals surface area contributed by atoms with Crippen molar-refractivity contribution in [3.63, 3.8) is 0 Å². The number of hydrogen-bond donors (Lipinski definition) is 0. The number of ether oxygens (including phenoxy) is 2. The third-order valence-electron chi connectivity index (χ3n) is 6.55. The molecule has 0 saturated heterocycles. The number of carbonyl (C=O) groups is 3. The lowest BCUT2D eigenvalue weighted by Gasteiger charge is -2.13. The Morgan fingerprint density at radius 1 is 0.725 bits per heavy atom. The van der Waals surface area contributed by atoms with E-state index in [0.717, 1.165) is 16.0 Å². The van der Waals surface area contributed by atoms with Crippen molar-refractivity contribution in [1.82, 2.24) is 4.90 Å². The van der Waals surface area contributed by atoms with Crippen LogP contribution in [0.5, 0.6) is 17.2 Å². The van der Waals surface area contributed by atoms with Gasteiger partial charge in [0.1, 0.15) is 23.3 Å². The van der Waals surface area contributed by atoms with Crippen LogP contribution in [0.4, 0.5) is 0 Å². The molecule has 0 radical (unpaired) electrons. The van der Waals surface area contributed by atoms with E-state index in [1.165, 1.54) is 24.5 Å². The first kappa shape index (κ1) is 24.8. The van der Waals surface area contributed by atoms with E-state index in [1.807, 2.05) is 42.5 Å². The number of imide groups is 1. The van der Waals surface area contributed by atoms with Crippen LogP contribution >= 0.6 is 0 Å². The lowest BCUT2D eigenvalue weighted by molar-refractivity contribution is -0.134. The SMILES string of the molecule is O=C(CCN1C(=O)c2ccccc2C1=O)Oc1ccc2c(=O)c(Oc3ccc(-c4ccccc4)cc3)coc2c1. The molecule has 0 atom stereocenters. The first-order chi connectivity index (χ1) is 19.5. The van der Waals surface area contributed by atoms with Crippen molar-refractivity contribution in [3.8, 4) is 28.4 Å². The molecule has 0 unspecified atom stereocenters. The smallest absolute Gasteiger partial charge is 0.313 e. The Morgan fingerprint density at radius 2 is 1.35 bits per heavy atom. The van der Waals surface area contributed by atoms with Crippen molar-refractivity contribution >= 4 is 28.8 Å². The topological polar surface area (TPSA) is 103 Å². The van der Waals surface area contributed by atoms with Crippen LogP contribution in [0.15, 0.2) is 113 Å². The van der Waals surface area contributed by atoms with Gasteiger partial charge >= 0.3 is 5.97 Å². The molecule has 2 heterocycles. The molecule has 1 aromatic heterocycles. The number of nitrogens with zero attached hydrogens (tertiary/aromatic N) is 1. The average molecular weight is 532 g/mol. The number of carbonyl (C=O) groups excluding carboxylic acids is 3. The first-order valence-corrected chi connectivity index (χ1v) is 12.5. The number of amides is 2. The van der Waals surface area contributed by atoms with Crippen molar-refractivity contribution in [2.24, 2.45) is 0 Å². The summed E-state index contributed by atoms with van der Waals surface area (Å²) in [5, 5.41) is 0.254. The monoisotopic (exact) mass is 531 g/mol. The van der Waals surface area contributed by atoms with Crippen molar-refractivity contribution < 1.29 is 28.3 Å². The molecule has 0 saturated carbocycles. The van der Waals surface area contributed by atoms with Crippen molar-refractivity contribution in [3.05, 3.63) is 125 Å². The molecule has 4 aromatic carbocycles. The Morgan fingerprint density at radius 3 is 2.05 bits per heavy atom. The van der Waals surface area contributed by atoms with Gasteiger partial charge in [-0.1, -0.05) is 54.6 Å². The van der Waals surface area contributed by atoms with E-state index >= 15 is 0 Å². The van der Waals surface area contributed by atoms with Crippen LogP contribution in [0.2, 0.25) is 0 Å². The maximum Gasteiger partial charge on any atom is 0.313 e. The van der Waals surface area contributed by atoms with Crippen LogP contribution in [-0.4, -0.2) is 29.2 Å². The third kappa shape index (κ3) is 4.74. The summed E-state index contributed by atoms with van der Waals surface area (Å²) in [5.74, 6) is -0.858. The van der Waals surface area contributed by atoms with Crippen LogP contribution in [0.1, 0.15) is 27.1 Å². The number of rotatable bonds is 7. The Balaban J connectivity index is 1.11. The molecule has 196 valence electrons. The Hall–Kier alpha value is -5.50. The van der Waals surface area contributed by atoms with Gasteiger partial charge in [0.15, 0.2) is 0 Å². The molecule has 1 aliphatic rings. The molecule has 8 nitrogen and oxygen atoms in total. The highest BCUT2D eigenvalue weighted by Gasteiger charge is 2.35. The number of fused-ring (bicyclic) bond motifs is 2. The van der Waals surface area contributed by atoms with E-state index in [4.69, 9.17) is 13.9 Å². The van der Waals surface area contributed by atoms with Gasteiger partial charge in [-0.15, -0.1) is 0 Å². The Kier molecular flexibility index (Phi) is 6.41. The highest BCUT2D eigenvalue weighted by Crippen LogP contribution is 2.27. The molecule has 0 bridgehead atoms. The fourth-order valence-electron chi connectivity index (χ4n) is 4.53. The predicted octanol–water partition coefficient (Wildman–Crippen LogP) is 5.84. The maximum absolute atomic E-state index is 13.0. The number of benzene rings is 4. The first-order valence-electron chi connectivity index (χ1n) is 12.5. The molecule has 0 N–H and O–H groups in total. The quantitative estimate of drug-likeness (QED) is 0.148. The zero-order chi connectivity index (χ0) is 27.6. The minimum absolute atomic E-state index is 0.0191. The molecule has 5 aromatic rings. The van der Waals surface area contributed by atoms with Crippen LogP contribution in [0.25, 0.3) is 22.1 Å². The summed E-state index contributed by atoms with van der Waals surface area (Å²) in [7, 11) is 0. The van der Waals surface area contributed by atoms with Gasteiger partial charge in [-0.3, -0.25) is 24.1 Å². The molecule has 1 aliphatic heterocycles. The standard InChI is InChI=1S/C32H21NO7/c34-29(16-17-33-31(36)24-8-4-5-9-25(24)32(33)37)40-23-14-15-26-27(18-23)38-19-28(30(26)35)39-22-12-10-21(11-13-22)20-6-2-1-3-7-20/h1-15,18-19H,16-17H2. The van der Waals surface area contributed by atoms with Gasteiger partial charge in [-0.25, -0.2) is 0 Å². The number of hydrogen-bond acceptors (Lipinski definition) is 7.